The zero-order valence-corrected chi connectivity index (χ0v) is 11.2. The fourth-order valence-corrected chi connectivity index (χ4v) is 2.29. The Kier molecular flexibility index (Phi) is 3.29. The maximum atomic E-state index is 5.19. The Morgan fingerprint density at radius 2 is 1.94 bits per heavy atom. The lowest BCUT2D eigenvalue weighted by molar-refractivity contribution is 0.318. The molecule has 0 amide bonds. The Balaban J connectivity index is 2.18. The van der Waals surface area contributed by atoms with Crippen molar-refractivity contribution in [2.45, 2.75) is 32.4 Å². The second-order valence-corrected chi connectivity index (χ2v) is 5.44. The van der Waals surface area contributed by atoms with E-state index in [-0.39, 0.29) is 5.54 Å². The van der Waals surface area contributed by atoms with Gasteiger partial charge in [0.25, 0.3) is 0 Å². The third-order valence-corrected chi connectivity index (χ3v) is 3.38. The zero-order valence-electron chi connectivity index (χ0n) is 11.2. The molecule has 1 aromatic carbocycles. The Labute approximate surface area is 104 Å². The van der Waals surface area contributed by atoms with Gasteiger partial charge in [0.15, 0.2) is 0 Å². The molecule has 1 atom stereocenters. The first kappa shape index (κ1) is 12.2. The van der Waals surface area contributed by atoms with Crippen LogP contribution in [0, 0.1) is 0 Å². The number of methoxy groups -OCH3 is 1. The summed E-state index contributed by atoms with van der Waals surface area (Å²) in [5.74, 6) is 0.913. The summed E-state index contributed by atoms with van der Waals surface area (Å²) in [6.45, 7) is 8.80. The number of ether oxygens (including phenoxy) is 1. The van der Waals surface area contributed by atoms with Gasteiger partial charge in [-0.3, -0.25) is 0 Å². The van der Waals surface area contributed by atoms with E-state index in [1.165, 1.54) is 5.69 Å². The molecular weight excluding hydrogens is 212 g/mol. The van der Waals surface area contributed by atoms with Gasteiger partial charge in [-0.25, -0.2) is 0 Å². The third-order valence-electron chi connectivity index (χ3n) is 3.38. The van der Waals surface area contributed by atoms with E-state index in [0.717, 1.165) is 18.8 Å². The van der Waals surface area contributed by atoms with E-state index >= 15 is 0 Å². The second kappa shape index (κ2) is 4.57. The molecule has 17 heavy (non-hydrogen) atoms. The standard InChI is InChI=1S/C14H22N2O/c1-11-9-15-14(2,3)10-16(11)12-5-7-13(17-4)8-6-12/h5-8,11,15H,9-10H2,1-4H3. The fraction of sp³-hybridized carbons (Fsp3) is 0.571. The maximum absolute atomic E-state index is 5.19. The number of hydrogen-bond donors (Lipinski definition) is 1. The Hall–Kier alpha value is -1.22. The summed E-state index contributed by atoms with van der Waals surface area (Å²) in [6, 6.07) is 8.85. The van der Waals surface area contributed by atoms with Crippen LogP contribution in [0.4, 0.5) is 5.69 Å². The molecular formula is C14H22N2O. The molecule has 1 saturated heterocycles. The molecule has 1 aliphatic rings. The number of anilines is 1. The van der Waals surface area contributed by atoms with Crippen molar-refractivity contribution in [2.24, 2.45) is 0 Å². The van der Waals surface area contributed by atoms with E-state index in [1.807, 2.05) is 12.1 Å². The number of nitrogens with zero attached hydrogens (tertiary/aromatic N) is 1. The summed E-state index contributed by atoms with van der Waals surface area (Å²) < 4.78 is 5.19. The molecule has 3 nitrogen and oxygen atoms in total. The second-order valence-electron chi connectivity index (χ2n) is 5.44. The molecule has 1 aliphatic heterocycles. The van der Waals surface area contributed by atoms with Crippen molar-refractivity contribution < 1.29 is 4.74 Å². The Bertz CT molecular complexity index is 372. The summed E-state index contributed by atoms with van der Waals surface area (Å²) in [5, 5.41) is 3.56. The van der Waals surface area contributed by atoms with E-state index < -0.39 is 0 Å². The number of nitrogens with one attached hydrogen (secondary N) is 1. The summed E-state index contributed by atoms with van der Waals surface area (Å²) in [6.07, 6.45) is 0. The molecule has 0 spiro atoms. The third kappa shape index (κ3) is 2.72. The normalized spacial score (nSPS) is 23.5. The maximum Gasteiger partial charge on any atom is 0.119 e. The summed E-state index contributed by atoms with van der Waals surface area (Å²) >= 11 is 0. The minimum atomic E-state index is 0.173. The molecule has 0 radical (unpaired) electrons. The molecule has 1 aromatic rings. The average molecular weight is 234 g/mol. The number of rotatable bonds is 2. The molecule has 1 N–H and O–H groups in total. The van der Waals surface area contributed by atoms with Crippen LogP contribution in [0.5, 0.6) is 5.75 Å². The fourth-order valence-electron chi connectivity index (χ4n) is 2.29. The van der Waals surface area contributed by atoms with Crippen molar-refractivity contribution in [1.29, 1.82) is 0 Å². The largest absolute Gasteiger partial charge is 0.497 e. The van der Waals surface area contributed by atoms with E-state index in [2.05, 4.69) is 43.1 Å². The quantitative estimate of drug-likeness (QED) is 0.849. The molecule has 94 valence electrons. The van der Waals surface area contributed by atoms with Crippen molar-refractivity contribution in [2.75, 3.05) is 25.1 Å². The zero-order chi connectivity index (χ0) is 12.5. The first-order valence-electron chi connectivity index (χ1n) is 6.17. The van der Waals surface area contributed by atoms with Crippen LogP contribution in [0.25, 0.3) is 0 Å². The van der Waals surface area contributed by atoms with Gasteiger partial charge in [-0.1, -0.05) is 0 Å². The van der Waals surface area contributed by atoms with Crippen LogP contribution in [0.2, 0.25) is 0 Å². The van der Waals surface area contributed by atoms with Crippen LogP contribution in [-0.4, -0.2) is 31.8 Å². The van der Waals surface area contributed by atoms with Crippen molar-refractivity contribution in [3.8, 4) is 5.75 Å². The highest BCUT2D eigenvalue weighted by molar-refractivity contribution is 5.51. The number of piperazine rings is 1. The molecule has 0 bridgehead atoms. The minimum absolute atomic E-state index is 0.173. The van der Waals surface area contributed by atoms with E-state index in [1.54, 1.807) is 7.11 Å². The predicted molar refractivity (Wildman–Crippen MR) is 71.9 cm³/mol. The van der Waals surface area contributed by atoms with Crippen molar-refractivity contribution in [3.05, 3.63) is 24.3 Å². The van der Waals surface area contributed by atoms with Gasteiger partial charge >= 0.3 is 0 Å². The molecule has 3 heteroatoms. The minimum Gasteiger partial charge on any atom is -0.497 e. The number of benzene rings is 1. The molecule has 1 fully saturated rings. The van der Waals surface area contributed by atoms with E-state index in [9.17, 15) is 0 Å². The van der Waals surface area contributed by atoms with Gasteiger partial charge in [0.05, 0.1) is 7.11 Å². The Morgan fingerprint density at radius 3 is 2.53 bits per heavy atom. The molecule has 1 heterocycles. The van der Waals surface area contributed by atoms with Gasteiger partial charge in [-0.2, -0.15) is 0 Å². The highest BCUT2D eigenvalue weighted by Gasteiger charge is 2.30. The van der Waals surface area contributed by atoms with Crippen molar-refractivity contribution >= 4 is 5.69 Å². The number of hydrogen-bond acceptors (Lipinski definition) is 3. The molecule has 1 unspecified atom stereocenters. The molecule has 0 aromatic heterocycles. The van der Waals surface area contributed by atoms with Crippen LogP contribution < -0.4 is 15.0 Å². The highest BCUT2D eigenvalue weighted by Crippen LogP contribution is 2.25. The molecule has 0 aliphatic carbocycles. The summed E-state index contributed by atoms with van der Waals surface area (Å²) in [4.78, 5) is 2.45. The smallest absolute Gasteiger partial charge is 0.119 e. The van der Waals surface area contributed by atoms with Crippen LogP contribution in [0.3, 0.4) is 0 Å². The predicted octanol–water partition coefficient (Wildman–Crippen LogP) is 2.27. The molecule has 2 rings (SSSR count). The van der Waals surface area contributed by atoms with Gasteiger partial charge in [0.1, 0.15) is 5.75 Å². The first-order chi connectivity index (χ1) is 8.02. The van der Waals surface area contributed by atoms with Crippen LogP contribution in [0.15, 0.2) is 24.3 Å². The van der Waals surface area contributed by atoms with Gasteiger partial charge in [0.2, 0.25) is 0 Å². The van der Waals surface area contributed by atoms with Gasteiger partial charge in [-0.05, 0) is 45.0 Å². The highest BCUT2D eigenvalue weighted by atomic mass is 16.5. The monoisotopic (exact) mass is 234 g/mol. The van der Waals surface area contributed by atoms with Crippen molar-refractivity contribution in [3.63, 3.8) is 0 Å². The average Bonchev–Trinajstić information content (AvgIpc) is 2.33. The Morgan fingerprint density at radius 1 is 1.29 bits per heavy atom. The summed E-state index contributed by atoms with van der Waals surface area (Å²) in [5.41, 5.74) is 1.44. The van der Waals surface area contributed by atoms with Crippen molar-refractivity contribution in [1.82, 2.24) is 5.32 Å². The SMILES string of the molecule is COc1ccc(N2CC(C)(C)NCC2C)cc1. The van der Waals surface area contributed by atoms with Crippen LogP contribution in [0.1, 0.15) is 20.8 Å². The van der Waals surface area contributed by atoms with Crippen LogP contribution >= 0.6 is 0 Å². The molecule has 0 saturated carbocycles. The lowest BCUT2D eigenvalue weighted by Gasteiger charge is -2.44. The van der Waals surface area contributed by atoms with E-state index in [0.29, 0.717) is 6.04 Å². The van der Waals surface area contributed by atoms with Crippen LogP contribution in [-0.2, 0) is 0 Å². The first-order valence-corrected chi connectivity index (χ1v) is 6.17. The topological polar surface area (TPSA) is 24.5 Å². The van der Waals surface area contributed by atoms with Gasteiger partial charge in [0, 0.05) is 30.4 Å². The summed E-state index contributed by atoms with van der Waals surface area (Å²) in [7, 11) is 1.70. The van der Waals surface area contributed by atoms with E-state index in [4.69, 9.17) is 4.74 Å². The lowest BCUT2D eigenvalue weighted by atomic mass is 9.98. The van der Waals surface area contributed by atoms with Gasteiger partial charge in [-0.15, -0.1) is 0 Å². The van der Waals surface area contributed by atoms with Gasteiger partial charge < -0.3 is 15.0 Å². The lowest BCUT2D eigenvalue weighted by Crippen LogP contribution is -2.61.